The third-order valence-corrected chi connectivity index (χ3v) is 1.58. The van der Waals surface area contributed by atoms with Crippen LogP contribution in [-0.2, 0) is 16.1 Å². The molecule has 17 heavy (non-hydrogen) atoms. The number of primary amides is 1. The molecule has 0 fully saturated rings. The summed E-state index contributed by atoms with van der Waals surface area (Å²) in [6, 6.07) is 9.37. The molecule has 0 heterocycles. The van der Waals surface area contributed by atoms with Gasteiger partial charge in [0, 0.05) is 0 Å². The molecule has 4 N–H and O–H groups in total. The molecule has 1 unspecified atom stereocenters. The van der Waals surface area contributed by atoms with Gasteiger partial charge in [-0.15, -0.1) is 0 Å². The first-order chi connectivity index (χ1) is 7.93. The fourth-order valence-corrected chi connectivity index (χ4v) is 0.729. The van der Waals surface area contributed by atoms with Gasteiger partial charge in [0.25, 0.3) is 0 Å². The Bertz CT molecular complexity index is 350. The van der Waals surface area contributed by atoms with Crippen LogP contribution in [-0.4, -0.2) is 28.4 Å². The van der Waals surface area contributed by atoms with Crippen molar-refractivity contribution in [2.45, 2.75) is 19.6 Å². The summed E-state index contributed by atoms with van der Waals surface area (Å²) >= 11 is 0. The number of hydrogen-bond acceptors (Lipinski definition) is 4. The maximum absolute atomic E-state index is 10.2. The predicted molar refractivity (Wildman–Crippen MR) is 60.1 cm³/mol. The number of carbonyl (C=O) groups excluding carboxylic acids is 1. The Morgan fingerprint density at radius 2 is 1.82 bits per heavy atom. The van der Waals surface area contributed by atoms with E-state index in [1.807, 2.05) is 30.3 Å². The van der Waals surface area contributed by atoms with Crippen LogP contribution >= 0.6 is 0 Å². The Morgan fingerprint density at radius 3 is 2.18 bits per heavy atom. The highest BCUT2D eigenvalue weighted by molar-refractivity contribution is 5.71. The first kappa shape index (κ1) is 14.9. The van der Waals surface area contributed by atoms with Crippen LogP contribution in [0.2, 0.25) is 0 Å². The van der Waals surface area contributed by atoms with Crippen molar-refractivity contribution in [1.82, 2.24) is 0 Å². The molecule has 0 aliphatic carbocycles. The zero-order chi connectivity index (χ0) is 13.3. The molecule has 1 amide bonds. The van der Waals surface area contributed by atoms with Crippen molar-refractivity contribution in [3.8, 4) is 0 Å². The number of aliphatic carboxylic acids is 1. The Kier molecular flexibility index (Phi) is 7.12. The van der Waals surface area contributed by atoms with Crippen LogP contribution in [0, 0.1) is 0 Å². The molecule has 1 aromatic rings. The molecular formula is C11H15NO5. The molecule has 0 saturated heterocycles. The van der Waals surface area contributed by atoms with Gasteiger partial charge in [-0.25, -0.2) is 9.59 Å². The van der Waals surface area contributed by atoms with Crippen molar-refractivity contribution in [2.75, 3.05) is 0 Å². The molecule has 0 aliphatic heterocycles. The molecule has 0 bridgehead atoms. The molecule has 1 aromatic carbocycles. The Morgan fingerprint density at radius 1 is 1.35 bits per heavy atom. The summed E-state index contributed by atoms with van der Waals surface area (Å²) in [5.41, 5.74) is 5.72. The van der Waals surface area contributed by atoms with Gasteiger partial charge >= 0.3 is 12.1 Å². The lowest BCUT2D eigenvalue weighted by atomic mass is 10.2. The summed E-state index contributed by atoms with van der Waals surface area (Å²) in [6.45, 7) is 1.44. The number of carbonyl (C=O) groups is 2. The SMILES string of the molecule is CC(O)C(=O)O.NC(=O)OCc1ccccc1. The van der Waals surface area contributed by atoms with Crippen molar-refractivity contribution in [1.29, 1.82) is 0 Å². The minimum absolute atomic E-state index is 0.246. The minimum Gasteiger partial charge on any atom is -0.479 e. The Labute approximate surface area is 98.6 Å². The van der Waals surface area contributed by atoms with E-state index in [9.17, 15) is 9.59 Å². The van der Waals surface area contributed by atoms with E-state index < -0.39 is 18.2 Å². The fraction of sp³-hybridized carbons (Fsp3) is 0.273. The van der Waals surface area contributed by atoms with Crippen LogP contribution < -0.4 is 5.73 Å². The highest BCUT2D eigenvalue weighted by atomic mass is 16.5. The molecule has 6 nitrogen and oxygen atoms in total. The van der Waals surface area contributed by atoms with Gasteiger partial charge in [0.1, 0.15) is 12.7 Å². The highest BCUT2D eigenvalue weighted by Crippen LogP contribution is 1.99. The summed E-state index contributed by atoms with van der Waals surface area (Å²) in [5, 5.41) is 15.8. The fourth-order valence-electron chi connectivity index (χ4n) is 0.729. The van der Waals surface area contributed by atoms with Crippen molar-refractivity contribution in [3.05, 3.63) is 35.9 Å². The molecule has 0 radical (unpaired) electrons. The van der Waals surface area contributed by atoms with E-state index in [0.29, 0.717) is 0 Å². The zero-order valence-corrected chi connectivity index (χ0v) is 9.37. The number of nitrogens with two attached hydrogens (primary N) is 1. The smallest absolute Gasteiger partial charge is 0.404 e. The number of amides is 1. The maximum Gasteiger partial charge on any atom is 0.404 e. The minimum atomic E-state index is -1.23. The molecular weight excluding hydrogens is 226 g/mol. The van der Waals surface area contributed by atoms with Crippen LogP contribution in [0.4, 0.5) is 4.79 Å². The molecule has 94 valence electrons. The lowest BCUT2D eigenvalue weighted by Crippen LogP contribution is -2.13. The average molecular weight is 241 g/mol. The van der Waals surface area contributed by atoms with E-state index in [4.69, 9.17) is 15.9 Å². The number of hydrogen-bond donors (Lipinski definition) is 3. The van der Waals surface area contributed by atoms with Crippen LogP contribution in [0.25, 0.3) is 0 Å². The molecule has 0 saturated carbocycles. The Balaban J connectivity index is 0.000000366. The topological polar surface area (TPSA) is 110 Å². The third-order valence-electron chi connectivity index (χ3n) is 1.58. The van der Waals surface area contributed by atoms with Crippen molar-refractivity contribution in [2.24, 2.45) is 5.73 Å². The van der Waals surface area contributed by atoms with Gasteiger partial charge in [0.05, 0.1) is 0 Å². The summed E-state index contributed by atoms with van der Waals surface area (Å²) < 4.78 is 4.57. The van der Waals surface area contributed by atoms with Crippen LogP contribution in [0.5, 0.6) is 0 Å². The second-order valence-corrected chi connectivity index (χ2v) is 3.11. The van der Waals surface area contributed by atoms with Crippen LogP contribution in [0.3, 0.4) is 0 Å². The van der Waals surface area contributed by atoms with E-state index in [1.54, 1.807) is 0 Å². The third kappa shape index (κ3) is 8.88. The lowest BCUT2D eigenvalue weighted by molar-refractivity contribution is -0.145. The van der Waals surface area contributed by atoms with Crippen LogP contribution in [0.1, 0.15) is 12.5 Å². The quantitative estimate of drug-likeness (QED) is 0.722. The number of aliphatic hydroxyl groups excluding tert-OH is 1. The van der Waals surface area contributed by atoms with Gasteiger partial charge < -0.3 is 20.7 Å². The van der Waals surface area contributed by atoms with E-state index in [1.165, 1.54) is 6.92 Å². The highest BCUT2D eigenvalue weighted by Gasteiger charge is 2.01. The van der Waals surface area contributed by atoms with E-state index >= 15 is 0 Å². The maximum atomic E-state index is 10.2. The normalized spacial score (nSPS) is 10.7. The Hall–Kier alpha value is -2.08. The van der Waals surface area contributed by atoms with Crippen LogP contribution in [0.15, 0.2) is 30.3 Å². The summed E-state index contributed by atoms with van der Waals surface area (Å²) in [7, 11) is 0. The van der Waals surface area contributed by atoms with Gasteiger partial charge in [0.2, 0.25) is 0 Å². The monoisotopic (exact) mass is 241 g/mol. The zero-order valence-electron chi connectivity index (χ0n) is 9.37. The number of carboxylic acid groups (broad SMARTS) is 1. The van der Waals surface area contributed by atoms with Gasteiger partial charge in [-0.05, 0) is 12.5 Å². The standard InChI is InChI=1S/C8H9NO2.C3H6O3/c9-8(10)11-6-7-4-2-1-3-5-7;1-2(4)3(5)6/h1-5H,6H2,(H2,9,10);2,4H,1H3,(H,5,6). The summed E-state index contributed by atoms with van der Waals surface area (Å²) in [6.07, 6.45) is -1.97. The molecule has 6 heteroatoms. The van der Waals surface area contributed by atoms with Crippen molar-refractivity contribution < 1.29 is 24.5 Å². The van der Waals surface area contributed by atoms with Crippen molar-refractivity contribution >= 4 is 12.1 Å². The number of rotatable bonds is 3. The van der Waals surface area contributed by atoms with E-state index in [2.05, 4.69) is 4.74 Å². The van der Waals surface area contributed by atoms with Gasteiger partial charge in [-0.3, -0.25) is 0 Å². The summed E-state index contributed by atoms with van der Waals surface area (Å²) in [5.74, 6) is -1.19. The lowest BCUT2D eigenvalue weighted by Gasteiger charge is -1.99. The number of aliphatic hydroxyl groups is 1. The van der Waals surface area contributed by atoms with Gasteiger partial charge in [-0.2, -0.15) is 0 Å². The second kappa shape index (κ2) is 8.12. The predicted octanol–water partition coefficient (Wildman–Crippen LogP) is 0.734. The summed E-state index contributed by atoms with van der Waals surface area (Å²) in [4.78, 5) is 19.6. The number of carboxylic acids is 1. The number of benzene rings is 1. The first-order valence-corrected chi connectivity index (χ1v) is 4.80. The average Bonchev–Trinajstić information content (AvgIpc) is 2.28. The molecule has 0 aromatic heterocycles. The largest absolute Gasteiger partial charge is 0.479 e. The van der Waals surface area contributed by atoms with Gasteiger partial charge in [-0.1, -0.05) is 30.3 Å². The molecule has 1 rings (SSSR count). The second-order valence-electron chi connectivity index (χ2n) is 3.11. The van der Waals surface area contributed by atoms with Gasteiger partial charge in [0.15, 0.2) is 0 Å². The molecule has 0 spiro atoms. The van der Waals surface area contributed by atoms with E-state index in [-0.39, 0.29) is 6.61 Å². The van der Waals surface area contributed by atoms with E-state index in [0.717, 1.165) is 5.56 Å². The number of ether oxygens (including phenoxy) is 1. The van der Waals surface area contributed by atoms with Crippen molar-refractivity contribution in [3.63, 3.8) is 0 Å². The molecule has 0 aliphatic rings. The molecule has 1 atom stereocenters. The first-order valence-electron chi connectivity index (χ1n) is 4.80.